The fourth-order valence-corrected chi connectivity index (χ4v) is 5.82. The van der Waals surface area contributed by atoms with Crippen LogP contribution in [0.3, 0.4) is 0 Å². The number of carbonyl (C=O) groups excluding carboxylic acids is 1. The maximum atomic E-state index is 13.0. The number of nitrogens with zero attached hydrogens (tertiary/aromatic N) is 1. The van der Waals surface area contributed by atoms with E-state index in [4.69, 9.17) is 9.47 Å². The fraction of sp³-hybridized carbons (Fsp3) is 0.321. The first-order valence-electron chi connectivity index (χ1n) is 11.7. The Bertz CT molecular complexity index is 1170. The van der Waals surface area contributed by atoms with Crippen molar-refractivity contribution in [2.45, 2.75) is 30.8 Å². The molecule has 0 atom stereocenters. The lowest BCUT2D eigenvalue weighted by Crippen LogP contribution is -2.48. The van der Waals surface area contributed by atoms with E-state index in [1.54, 1.807) is 11.0 Å². The molecular weight excluding hydrogens is 414 g/mol. The van der Waals surface area contributed by atoms with E-state index in [1.165, 1.54) is 22.3 Å². The van der Waals surface area contributed by atoms with Crippen LogP contribution in [0.2, 0.25) is 0 Å². The van der Waals surface area contributed by atoms with E-state index in [2.05, 4.69) is 36.4 Å². The van der Waals surface area contributed by atoms with Crippen molar-refractivity contribution < 1.29 is 19.4 Å². The maximum absolute atomic E-state index is 13.0. The number of carbonyl (C=O) groups is 1. The third-order valence-electron chi connectivity index (χ3n) is 7.49. The molecule has 5 heteroatoms. The number of rotatable bonds is 2. The van der Waals surface area contributed by atoms with E-state index in [0.29, 0.717) is 32.1 Å². The second kappa shape index (κ2) is 7.92. The Balaban J connectivity index is 1.14. The van der Waals surface area contributed by atoms with Crippen LogP contribution in [0.25, 0.3) is 11.1 Å². The molecule has 3 aromatic carbocycles. The number of fused-ring (bicyclic) bond motifs is 5. The highest BCUT2D eigenvalue weighted by Gasteiger charge is 2.42. The Morgan fingerprint density at radius 3 is 2.36 bits per heavy atom. The van der Waals surface area contributed by atoms with Crippen LogP contribution in [0.1, 0.15) is 41.0 Å². The second-order valence-electron chi connectivity index (χ2n) is 9.23. The van der Waals surface area contributed by atoms with Gasteiger partial charge in [0, 0.05) is 19.0 Å². The molecule has 0 saturated carbocycles. The highest BCUT2D eigenvalue weighted by atomic mass is 16.6. The lowest BCUT2D eigenvalue weighted by molar-refractivity contribution is -0.0954. The molecule has 1 fully saturated rings. The summed E-state index contributed by atoms with van der Waals surface area (Å²) in [5, 5.41) is 9.85. The molecule has 1 saturated heterocycles. The van der Waals surface area contributed by atoms with Gasteiger partial charge < -0.3 is 19.5 Å². The molecule has 6 rings (SSSR count). The SMILES string of the molecule is O=C(OCC1c2ccccc2-c2ccccc21)N1CCC2(CC1)OCCc1cc(O)ccc12. The molecule has 1 N–H and O–H groups in total. The number of amides is 1. The number of benzene rings is 3. The van der Waals surface area contributed by atoms with Gasteiger partial charge in [0.15, 0.2) is 0 Å². The van der Waals surface area contributed by atoms with Gasteiger partial charge in [-0.1, -0.05) is 54.6 Å². The molecule has 2 aliphatic heterocycles. The van der Waals surface area contributed by atoms with Crippen molar-refractivity contribution >= 4 is 6.09 Å². The first-order valence-corrected chi connectivity index (χ1v) is 11.7. The van der Waals surface area contributed by atoms with E-state index >= 15 is 0 Å². The number of piperidine rings is 1. The molecule has 1 spiro atoms. The van der Waals surface area contributed by atoms with Crippen LogP contribution < -0.4 is 0 Å². The fourth-order valence-electron chi connectivity index (χ4n) is 5.82. The standard InChI is InChI=1S/C28H27NO4/c30-20-9-10-26-19(17-20)11-16-33-28(26)12-14-29(15-13-28)27(31)32-18-25-23-7-3-1-5-21(23)22-6-2-4-8-24(22)25/h1-10,17,25,30H,11-16,18H2. The first kappa shape index (κ1) is 20.3. The molecule has 1 amide bonds. The molecule has 5 nitrogen and oxygen atoms in total. The number of aromatic hydroxyl groups is 1. The molecule has 33 heavy (non-hydrogen) atoms. The van der Waals surface area contributed by atoms with Crippen LogP contribution in [-0.4, -0.2) is 42.4 Å². The van der Waals surface area contributed by atoms with Gasteiger partial charge in [-0.25, -0.2) is 4.79 Å². The summed E-state index contributed by atoms with van der Waals surface area (Å²) in [5.41, 5.74) is 6.83. The van der Waals surface area contributed by atoms with Crippen molar-refractivity contribution in [2.75, 3.05) is 26.3 Å². The Kier molecular flexibility index (Phi) is 4.88. The smallest absolute Gasteiger partial charge is 0.409 e. The largest absolute Gasteiger partial charge is 0.508 e. The number of likely N-dealkylation sites (tertiary alicyclic amines) is 1. The molecule has 0 aromatic heterocycles. The summed E-state index contributed by atoms with van der Waals surface area (Å²) in [5.74, 6) is 0.362. The van der Waals surface area contributed by atoms with E-state index in [9.17, 15) is 9.90 Å². The Morgan fingerprint density at radius 1 is 1.00 bits per heavy atom. The normalized spacial score (nSPS) is 18.5. The molecule has 3 aromatic rings. The van der Waals surface area contributed by atoms with Gasteiger partial charge in [0.2, 0.25) is 0 Å². The summed E-state index contributed by atoms with van der Waals surface area (Å²) in [4.78, 5) is 14.8. The molecule has 1 aliphatic carbocycles. The van der Waals surface area contributed by atoms with E-state index in [0.717, 1.165) is 30.4 Å². The van der Waals surface area contributed by atoms with Crippen molar-refractivity contribution in [1.29, 1.82) is 0 Å². The van der Waals surface area contributed by atoms with Crippen molar-refractivity contribution in [3.8, 4) is 16.9 Å². The third-order valence-corrected chi connectivity index (χ3v) is 7.49. The van der Waals surface area contributed by atoms with E-state index in [-0.39, 0.29) is 17.6 Å². The van der Waals surface area contributed by atoms with Gasteiger partial charge in [-0.2, -0.15) is 0 Å². The van der Waals surface area contributed by atoms with Crippen molar-refractivity contribution in [3.63, 3.8) is 0 Å². The highest BCUT2D eigenvalue weighted by Crippen LogP contribution is 2.45. The van der Waals surface area contributed by atoms with Crippen molar-refractivity contribution in [3.05, 3.63) is 89.0 Å². The minimum Gasteiger partial charge on any atom is -0.508 e. The molecule has 0 unspecified atom stereocenters. The zero-order valence-electron chi connectivity index (χ0n) is 18.5. The van der Waals surface area contributed by atoms with Crippen molar-refractivity contribution in [2.24, 2.45) is 0 Å². The monoisotopic (exact) mass is 441 g/mol. The number of phenols is 1. The predicted octanol–water partition coefficient (Wildman–Crippen LogP) is 5.21. The van der Waals surface area contributed by atoms with Crippen LogP contribution in [-0.2, 0) is 21.5 Å². The van der Waals surface area contributed by atoms with E-state index in [1.807, 2.05) is 24.3 Å². The maximum Gasteiger partial charge on any atom is 0.409 e. The highest BCUT2D eigenvalue weighted by molar-refractivity contribution is 5.79. The summed E-state index contributed by atoms with van der Waals surface area (Å²) in [7, 11) is 0. The average molecular weight is 442 g/mol. The van der Waals surface area contributed by atoms with Crippen LogP contribution in [0.5, 0.6) is 5.75 Å². The zero-order valence-corrected chi connectivity index (χ0v) is 18.5. The zero-order chi connectivity index (χ0) is 22.4. The van der Waals surface area contributed by atoms with Crippen LogP contribution >= 0.6 is 0 Å². The lowest BCUT2D eigenvalue weighted by Gasteiger charge is -2.44. The van der Waals surface area contributed by atoms with Crippen LogP contribution in [0, 0.1) is 0 Å². The average Bonchev–Trinajstić information content (AvgIpc) is 3.17. The second-order valence-corrected chi connectivity index (χ2v) is 9.23. The lowest BCUT2D eigenvalue weighted by atomic mass is 9.79. The minimum absolute atomic E-state index is 0.0683. The van der Waals surface area contributed by atoms with Gasteiger partial charge in [0.25, 0.3) is 0 Å². The molecule has 0 bridgehead atoms. The number of ether oxygens (including phenoxy) is 2. The van der Waals surface area contributed by atoms with Crippen LogP contribution in [0.4, 0.5) is 4.79 Å². The summed E-state index contributed by atoms with van der Waals surface area (Å²) in [6.07, 6.45) is 2.01. The van der Waals surface area contributed by atoms with Crippen molar-refractivity contribution in [1.82, 2.24) is 4.90 Å². The Labute approximate surface area is 193 Å². The number of phenolic OH excluding ortho intramolecular Hbond substituents is 1. The quantitative estimate of drug-likeness (QED) is 0.594. The van der Waals surface area contributed by atoms with Gasteiger partial charge in [-0.3, -0.25) is 0 Å². The minimum atomic E-state index is -0.374. The van der Waals surface area contributed by atoms with Gasteiger partial charge in [0.05, 0.1) is 12.2 Å². The number of hydrogen-bond acceptors (Lipinski definition) is 4. The summed E-state index contributed by atoms with van der Waals surface area (Å²) in [6.45, 7) is 2.17. The van der Waals surface area contributed by atoms with Gasteiger partial charge in [-0.15, -0.1) is 0 Å². The van der Waals surface area contributed by atoms with E-state index < -0.39 is 0 Å². The molecule has 0 radical (unpaired) electrons. The van der Waals surface area contributed by atoms with Gasteiger partial charge in [-0.05, 0) is 64.8 Å². The molecule has 2 heterocycles. The molecule has 168 valence electrons. The molecular formula is C28H27NO4. The topological polar surface area (TPSA) is 59.0 Å². The molecule has 3 aliphatic rings. The number of hydrogen-bond donors (Lipinski definition) is 1. The first-order chi connectivity index (χ1) is 16.1. The summed E-state index contributed by atoms with van der Waals surface area (Å²) in [6, 6.07) is 22.3. The van der Waals surface area contributed by atoms with Gasteiger partial charge in [0.1, 0.15) is 12.4 Å². The Morgan fingerprint density at radius 2 is 1.67 bits per heavy atom. The van der Waals surface area contributed by atoms with Gasteiger partial charge >= 0.3 is 6.09 Å². The van der Waals surface area contributed by atoms with Crippen LogP contribution in [0.15, 0.2) is 66.7 Å². The summed E-state index contributed by atoms with van der Waals surface area (Å²) < 4.78 is 12.1. The predicted molar refractivity (Wildman–Crippen MR) is 125 cm³/mol. The third kappa shape index (κ3) is 3.39. The summed E-state index contributed by atoms with van der Waals surface area (Å²) >= 11 is 0. The Hall–Kier alpha value is -3.31.